The summed E-state index contributed by atoms with van der Waals surface area (Å²) in [7, 11) is 13.7. The molecule has 0 atom stereocenters. The summed E-state index contributed by atoms with van der Waals surface area (Å²) in [5.74, 6) is 0.125. The molecule has 0 spiro atoms. The quantitative estimate of drug-likeness (QED) is 0.207. The molecule has 0 aromatic heterocycles. The van der Waals surface area contributed by atoms with Gasteiger partial charge >= 0.3 is 0 Å². The zero-order valence-electron chi connectivity index (χ0n) is 11.2. The summed E-state index contributed by atoms with van der Waals surface area (Å²) in [5.41, 5.74) is 0. The highest BCUT2D eigenvalue weighted by atomic mass is 33.7. The Labute approximate surface area is 130 Å². The van der Waals surface area contributed by atoms with Crippen molar-refractivity contribution >= 4 is 60.3 Å². The van der Waals surface area contributed by atoms with Crippen LogP contribution in [0.25, 0.3) is 0 Å². The number of rotatable bonds is 13. The van der Waals surface area contributed by atoms with Gasteiger partial charge in [-0.3, -0.25) is 0 Å². The van der Waals surface area contributed by atoms with Crippen molar-refractivity contribution < 1.29 is 18.9 Å². The van der Waals surface area contributed by atoms with E-state index < -0.39 is 0 Å². The Morgan fingerprint density at radius 3 is 1.33 bits per heavy atom. The number of hydrogen-bond acceptors (Lipinski definition) is 8. The topological polar surface area (TPSA) is 36.9 Å². The predicted molar refractivity (Wildman–Crippen MR) is 92.8 cm³/mol. The molecule has 0 aliphatic heterocycles. The third-order valence-corrected chi connectivity index (χ3v) is 15.3. The molecule has 0 amide bonds. The molecule has 110 valence electrons. The van der Waals surface area contributed by atoms with Crippen molar-refractivity contribution in [3.63, 3.8) is 0 Å². The van der Waals surface area contributed by atoms with E-state index in [1.54, 1.807) is 28.4 Å². The zero-order valence-corrected chi connectivity index (χ0v) is 17.3. The highest BCUT2D eigenvalue weighted by Crippen LogP contribution is 2.42. The normalized spacial score (nSPS) is 13.0. The lowest BCUT2D eigenvalue weighted by atomic mass is 11.3. The van der Waals surface area contributed by atoms with Gasteiger partial charge in [0.25, 0.3) is 0 Å². The first kappa shape index (κ1) is 19.7. The summed E-state index contributed by atoms with van der Waals surface area (Å²) < 4.78 is 20.7. The number of methoxy groups -OCH3 is 4. The average molecular weight is 367 g/mol. The van der Waals surface area contributed by atoms with Crippen LogP contribution in [0.4, 0.5) is 0 Å². The van der Waals surface area contributed by atoms with Crippen LogP contribution >= 0.6 is 41.2 Å². The highest BCUT2D eigenvalue weighted by Gasteiger charge is 2.07. The second kappa shape index (κ2) is 15.1. The van der Waals surface area contributed by atoms with Gasteiger partial charge in [-0.1, -0.05) is 21.6 Å². The summed E-state index contributed by atoms with van der Waals surface area (Å²) in [6.07, 6.45) is 0. The predicted octanol–water partition coefficient (Wildman–Crippen LogP) is 1.07. The number of hydrogen-bond donors (Lipinski definition) is 0. The molecule has 0 bridgehead atoms. The highest BCUT2D eigenvalue weighted by molar-refractivity contribution is 9.26. The molecule has 0 rings (SSSR count). The second-order valence-corrected chi connectivity index (χ2v) is 14.3. The van der Waals surface area contributed by atoms with Crippen molar-refractivity contribution in [2.75, 3.05) is 39.2 Å². The lowest BCUT2D eigenvalue weighted by Gasteiger charge is -2.12. The summed E-state index contributed by atoms with van der Waals surface area (Å²) in [6.45, 7) is 0. The van der Waals surface area contributed by atoms with Crippen molar-refractivity contribution in [1.82, 2.24) is 0 Å². The van der Waals surface area contributed by atoms with Gasteiger partial charge in [0.2, 0.25) is 0 Å². The molecule has 18 heavy (non-hydrogen) atoms. The minimum atomic E-state index is -0.291. The smallest absolute Gasteiger partial charge is 0.135 e. The Hall–Kier alpha value is 1.67. The summed E-state index contributed by atoms with van der Waals surface area (Å²) in [5, 5.41) is 2.33. The molecule has 0 saturated heterocycles. The van der Waals surface area contributed by atoms with E-state index in [9.17, 15) is 0 Å². The van der Waals surface area contributed by atoms with E-state index >= 15 is 0 Å². The number of ether oxygens (including phenoxy) is 4. The summed E-state index contributed by atoms with van der Waals surface area (Å²) >= 11 is 0. The fourth-order valence-electron chi connectivity index (χ4n) is 1.06. The Morgan fingerprint density at radius 2 is 1.06 bits per heavy atom. The van der Waals surface area contributed by atoms with Crippen LogP contribution in [0.15, 0.2) is 0 Å². The van der Waals surface area contributed by atoms with E-state index in [0.717, 1.165) is 0 Å². The Balaban J connectivity index is 3.21. The van der Waals surface area contributed by atoms with Crippen molar-refractivity contribution in [2.45, 2.75) is 11.8 Å². The molecule has 0 saturated carbocycles. The van der Waals surface area contributed by atoms with Crippen molar-refractivity contribution in [3.8, 4) is 0 Å². The molecule has 10 heteroatoms. The van der Waals surface area contributed by atoms with Gasteiger partial charge < -0.3 is 18.9 Å². The molecule has 0 heterocycles. The van der Waals surface area contributed by atoms with E-state index in [1.807, 2.05) is 41.2 Å². The first-order valence-electron chi connectivity index (χ1n) is 5.47. The SMILES string of the molecule is COC(OC)[SiH2]CSSSSC[SiH2]C(OC)OC. The summed E-state index contributed by atoms with van der Waals surface area (Å²) in [6, 6.07) is 0. The van der Waals surface area contributed by atoms with Gasteiger partial charge in [0.05, 0.1) is 0 Å². The molecule has 0 unspecified atom stereocenters. The van der Waals surface area contributed by atoms with Crippen molar-refractivity contribution in [2.24, 2.45) is 0 Å². The zero-order chi connectivity index (χ0) is 13.6. The van der Waals surface area contributed by atoms with Crippen molar-refractivity contribution in [3.05, 3.63) is 0 Å². The van der Waals surface area contributed by atoms with Crippen LogP contribution in [0.1, 0.15) is 0 Å². The maximum absolute atomic E-state index is 5.18. The Kier molecular flexibility index (Phi) is 16.5. The monoisotopic (exact) mass is 366 g/mol. The fourth-order valence-corrected chi connectivity index (χ4v) is 14.6. The maximum atomic E-state index is 5.18. The van der Waals surface area contributed by atoms with E-state index in [2.05, 4.69) is 0 Å². The average Bonchev–Trinajstić information content (AvgIpc) is 2.41. The van der Waals surface area contributed by atoms with Crippen LogP contribution in [0, 0.1) is 0 Å². The molecule has 0 aromatic carbocycles. The largest absolute Gasteiger partial charge is 0.360 e. The molecule has 0 aromatic rings. The Morgan fingerprint density at radius 1 is 0.722 bits per heavy atom. The van der Waals surface area contributed by atoms with Gasteiger partial charge in [0.1, 0.15) is 30.9 Å². The minimum Gasteiger partial charge on any atom is -0.360 e. The molecular weight excluding hydrogens is 345 g/mol. The van der Waals surface area contributed by atoms with Crippen LogP contribution in [-0.2, 0) is 18.9 Å². The minimum absolute atomic E-state index is 0.0623. The Bertz CT molecular complexity index is 157. The van der Waals surface area contributed by atoms with Gasteiger partial charge in [-0.25, -0.2) is 0 Å². The lowest BCUT2D eigenvalue weighted by molar-refractivity contribution is -0.0437. The fraction of sp³-hybridized carbons (Fsp3) is 1.00. The van der Waals surface area contributed by atoms with Gasteiger partial charge in [0, 0.05) is 28.4 Å². The van der Waals surface area contributed by atoms with Gasteiger partial charge in [-0.05, 0) is 30.4 Å². The van der Waals surface area contributed by atoms with Crippen LogP contribution in [0.3, 0.4) is 0 Å². The van der Waals surface area contributed by atoms with E-state index in [0.29, 0.717) is 0 Å². The van der Waals surface area contributed by atoms with E-state index in [1.165, 1.54) is 10.8 Å². The molecule has 0 N–H and O–H groups in total. The van der Waals surface area contributed by atoms with Crippen LogP contribution in [0.2, 0.25) is 0 Å². The molecular formula is C8H22O4S4Si2. The van der Waals surface area contributed by atoms with Crippen LogP contribution in [0.5, 0.6) is 0 Å². The maximum Gasteiger partial charge on any atom is 0.135 e. The molecule has 0 radical (unpaired) electrons. The lowest BCUT2D eigenvalue weighted by Crippen LogP contribution is -2.23. The standard InChI is InChI=1S/C8H22O4S4Si2/c1-9-7(10-2)17-5-13-15-16-14-6-18-8(11-3)12-4/h7-8H,5-6,17-18H2,1-4H3. The molecule has 0 aliphatic carbocycles. The van der Waals surface area contributed by atoms with Crippen LogP contribution < -0.4 is 0 Å². The van der Waals surface area contributed by atoms with E-state index in [4.69, 9.17) is 18.9 Å². The van der Waals surface area contributed by atoms with Crippen molar-refractivity contribution in [1.29, 1.82) is 0 Å². The third kappa shape index (κ3) is 11.5. The second-order valence-electron chi connectivity index (χ2n) is 3.16. The molecule has 0 fully saturated rings. The first-order valence-corrected chi connectivity index (χ1v) is 14.3. The van der Waals surface area contributed by atoms with Gasteiger partial charge in [-0.2, -0.15) is 0 Å². The summed E-state index contributed by atoms with van der Waals surface area (Å²) in [4.78, 5) is 0. The molecule has 0 aliphatic rings. The first-order chi connectivity index (χ1) is 8.78. The molecule has 4 nitrogen and oxygen atoms in total. The van der Waals surface area contributed by atoms with E-state index in [-0.39, 0.29) is 30.9 Å². The van der Waals surface area contributed by atoms with Gasteiger partial charge in [-0.15, -0.1) is 0 Å². The van der Waals surface area contributed by atoms with Gasteiger partial charge in [0.15, 0.2) is 0 Å². The van der Waals surface area contributed by atoms with Crippen LogP contribution in [-0.4, -0.2) is 70.1 Å². The third-order valence-electron chi connectivity index (χ3n) is 2.05.